The number of halogens is 3. The molecule has 0 atom stereocenters. The molecule has 0 aliphatic rings. The molecule has 0 saturated carbocycles. The van der Waals surface area contributed by atoms with Crippen molar-refractivity contribution in [3.05, 3.63) is 65.7 Å². The molecule has 33 heavy (non-hydrogen) atoms. The fourth-order valence-corrected chi connectivity index (χ4v) is 3.28. The maximum absolute atomic E-state index is 13.6. The average Bonchev–Trinajstić information content (AvgIpc) is 3.18. The quantitative estimate of drug-likeness (QED) is 0.477. The van der Waals surface area contributed by atoms with E-state index in [9.17, 15) is 18.0 Å². The van der Waals surface area contributed by atoms with Crippen molar-refractivity contribution in [1.82, 2.24) is 19.5 Å². The van der Waals surface area contributed by atoms with Gasteiger partial charge in [-0.05, 0) is 36.8 Å². The monoisotopic (exact) mass is 457 g/mol. The zero-order chi connectivity index (χ0) is 23.8. The van der Waals surface area contributed by atoms with E-state index < -0.39 is 17.9 Å². The summed E-state index contributed by atoms with van der Waals surface area (Å²) in [7, 11) is 2.90. The van der Waals surface area contributed by atoms with E-state index >= 15 is 0 Å². The van der Waals surface area contributed by atoms with Gasteiger partial charge in [-0.1, -0.05) is 6.07 Å². The molecule has 0 saturated heterocycles. The van der Waals surface area contributed by atoms with Gasteiger partial charge in [0.1, 0.15) is 11.5 Å². The number of ether oxygens (including phenoxy) is 2. The number of fused-ring (bicyclic) bond motifs is 1. The van der Waals surface area contributed by atoms with Crippen LogP contribution in [0.5, 0.6) is 11.5 Å². The molecular formula is C22H18F3N5O3. The first-order valence-electron chi connectivity index (χ1n) is 9.63. The number of nitrogens with one attached hydrogen (secondary N) is 1. The molecule has 11 heteroatoms. The van der Waals surface area contributed by atoms with Crippen LogP contribution in [0, 0.1) is 6.92 Å². The minimum atomic E-state index is -4.70. The van der Waals surface area contributed by atoms with Crippen molar-refractivity contribution >= 4 is 22.8 Å². The fraction of sp³-hybridized carbons (Fsp3) is 0.182. The molecule has 2 heterocycles. The summed E-state index contributed by atoms with van der Waals surface area (Å²) in [5.74, 6) is -0.889. The first-order chi connectivity index (χ1) is 15.7. The first-order valence-corrected chi connectivity index (χ1v) is 9.63. The van der Waals surface area contributed by atoms with Crippen molar-refractivity contribution in [3.8, 4) is 17.3 Å². The maximum atomic E-state index is 13.6. The van der Waals surface area contributed by atoms with Crippen molar-refractivity contribution in [1.29, 1.82) is 0 Å². The van der Waals surface area contributed by atoms with Gasteiger partial charge in [0, 0.05) is 6.07 Å². The Morgan fingerprint density at radius 2 is 1.82 bits per heavy atom. The van der Waals surface area contributed by atoms with Crippen LogP contribution >= 0.6 is 0 Å². The van der Waals surface area contributed by atoms with Crippen molar-refractivity contribution in [2.24, 2.45) is 0 Å². The zero-order valence-electron chi connectivity index (χ0n) is 17.8. The second kappa shape index (κ2) is 8.41. The summed E-state index contributed by atoms with van der Waals surface area (Å²) in [6.45, 7) is 1.76. The van der Waals surface area contributed by atoms with Crippen LogP contribution in [0.2, 0.25) is 0 Å². The largest absolute Gasteiger partial charge is 0.497 e. The third kappa shape index (κ3) is 4.29. The molecule has 4 rings (SSSR count). The van der Waals surface area contributed by atoms with Gasteiger partial charge in [-0.2, -0.15) is 13.2 Å². The number of imidazole rings is 1. The van der Waals surface area contributed by atoms with Gasteiger partial charge in [0.25, 0.3) is 5.91 Å². The molecule has 2 aromatic heterocycles. The Balaban J connectivity index is 1.66. The average molecular weight is 457 g/mol. The summed E-state index contributed by atoms with van der Waals surface area (Å²) in [4.78, 5) is 24.5. The number of methoxy groups -OCH3 is 2. The lowest BCUT2D eigenvalue weighted by Crippen LogP contribution is -2.16. The Hall–Kier alpha value is -4.15. The number of hydrogen-bond donors (Lipinski definition) is 1. The number of amides is 1. The zero-order valence-corrected chi connectivity index (χ0v) is 17.8. The van der Waals surface area contributed by atoms with E-state index in [0.29, 0.717) is 5.75 Å². The summed E-state index contributed by atoms with van der Waals surface area (Å²) < 4.78 is 52.1. The number of anilines is 1. The van der Waals surface area contributed by atoms with Crippen LogP contribution in [0.15, 0.2) is 48.8 Å². The maximum Gasteiger partial charge on any atom is 0.450 e. The van der Waals surface area contributed by atoms with Gasteiger partial charge in [0.05, 0.1) is 43.2 Å². The van der Waals surface area contributed by atoms with Crippen LogP contribution in [-0.2, 0) is 6.18 Å². The number of rotatable bonds is 5. The number of aryl methyl sites for hydroxylation is 1. The van der Waals surface area contributed by atoms with Gasteiger partial charge in [-0.15, -0.1) is 0 Å². The normalized spacial score (nSPS) is 11.5. The molecule has 0 fully saturated rings. The van der Waals surface area contributed by atoms with E-state index in [1.54, 1.807) is 37.3 Å². The molecule has 0 radical (unpaired) electrons. The fourth-order valence-electron chi connectivity index (χ4n) is 3.28. The second-order valence-electron chi connectivity index (χ2n) is 7.04. The van der Waals surface area contributed by atoms with Crippen molar-refractivity contribution in [3.63, 3.8) is 0 Å². The molecule has 0 aliphatic carbocycles. The number of carbonyl (C=O) groups excluding carboxylic acids is 1. The second-order valence-corrected chi connectivity index (χ2v) is 7.04. The highest BCUT2D eigenvalue weighted by molar-refractivity contribution is 6.05. The van der Waals surface area contributed by atoms with Crippen LogP contribution in [0.3, 0.4) is 0 Å². The van der Waals surface area contributed by atoms with E-state index in [1.165, 1.54) is 26.5 Å². The summed E-state index contributed by atoms with van der Waals surface area (Å²) >= 11 is 0. The molecule has 1 N–H and O–H groups in total. The molecule has 0 spiro atoms. The minimum absolute atomic E-state index is 0.0513. The van der Waals surface area contributed by atoms with Crippen molar-refractivity contribution < 1.29 is 27.4 Å². The standard InChI is InChI=1S/C22H18F3N5O3/c1-12-4-7-16-15(8-12)28-21(22(23,24)25)30(16)19-11-26-18(10-27-19)29-20(31)14-6-5-13(32-2)9-17(14)33-3/h4-11H,1-3H3,(H,26,29,31). The van der Waals surface area contributed by atoms with Gasteiger partial charge < -0.3 is 14.8 Å². The van der Waals surface area contributed by atoms with E-state index in [4.69, 9.17) is 9.47 Å². The summed E-state index contributed by atoms with van der Waals surface area (Å²) in [6, 6.07) is 9.45. The Kier molecular flexibility index (Phi) is 5.62. The Labute approximate surface area is 186 Å². The minimum Gasteiger partial charge on any atom is -0.497 e. The number of aromatic nitrogens is 4. The Morgan fingerprint density at radius 3 is 2.45 bits per heavy atom. The lowest BCUT2D eigenvalue weighted by molar-refractivity contribution is -0.145. The van der Waals surface area contributed by atoms with Gasteiger partial charge in [-0.3, -0.25) is 9.36 Å². The van der Waals surface area contributed by atoms with Crippen LogP contribution < -0.4 is 14.8 Å². The summed E-state index contributed by atoms with van der Waals surface area (Å²) in [6.07, 6.45) is -2.40. The van der Waals surface area contributed by atoms with Crippen LogP contribution in [0.4, 0.5) is 19.0 Å². The SMILES string of the molecule is COc1ccc(C(=O)Nc2cnc(-n3c(C(F)(F)F)nc4cc(C)ccc43)cn2)c(OC)c1. The lowest BCUT2D eigenvalue weighted by atomic mass is 10.1. The molecule has 170 valence electrons. The van der Waals surface area contributed by atoms with Gasteiger partial charge in [-0.25, -0.2) is 15.0 Å². The Morgan fingerprint density at radius 1 is 1.03 bits per heavy atom. The number of alkyl halides is 3. The molecule has 8 nitrogen and oxygen atoms in total. The molecule has 1 amide bonds. The predicted octanol–water partition coefficient (Wildman–Crippen LogP) is 4.41. The molecular weight excluding hydrogens is 439 g/mol. The van der Waals surface area contributed by atoms with E-state index in [2.05, 4.69) is 20.3 Å². The van der Waals surface area contributed by atoms with Crippen LogP contribution in [0.25, 0.3) is 16.9 Å². The highest BCUT2D eigenvalue weighted by Crippen LogP contribution is 2.33. The van der Waals surface area contributed by atoms with E-state index in [0.717, 1.165) is 16.3 Å². The first kappa shape index (κ1) is 22.1. The highest BCUT2D eigenvalue weighted by atomic mass is 19.4. The summed E-state index contributed by atoms with van der Waals surface area (Å²) in [5.41, 5.74) is 1.42. The molecule has 2 aromatic carbocycles. The van der Waals surface area contributed by atoms with Crippen LogP contribution in [-0.4, -0.2) is 39.6 Å². The Bertz CT molecular complexity index is 1330. The topological polar surface area (TPSA) is 91.2 Å². The molecule has 0 unspecified atom stereocenters. The smallest absolute Gasteiger partial charge is 0.450 e. The molecule has 0 bridgehead atoms. The number of benzene rings is 2. The third-order valence-electron chi connectivity index (χ3n) is 4.83. The van der Waals surface area contributed by atoms with E-state index in [-0.39, 0.29) is 34.0 Å². The van der Waals surface area contributed by atoms with Gasteiger partial charge in [0.15, 0.2) is 11.6 Å². The van der Waals surface area contributed by atoms with Crippen LogP contribution in [0.1, 0.15) is 21.7 Å². The summed E-state index contributed by atoms with van der Waals surface area (Å²) in [5, 5.41) is 2.55. The number of hydrogen-bond acceptors (Lipinski definition) is 6. The lowest BCUT2D eigenvalue weighted by Gasteiger charge is -2.12. The number of carbonyl (C=O) groups is 1. The van der Waals surface area contributed by atoms with Crippen molar-refractivity contribution in [2.75, 3.05) is 19.5 Å². The third-order valence-corrected chi connectivity index (χ3v) is 4.83. The highest BCUT2D eigenvalue weighted by Gasteiger charge is 2.38. The molecule has 0 aliphatic heterocycles. The van der Waals surface area contributed by atoms with Gasteiger partial charge in [0.2, 0.25) is 5.82 Å². The van der Waals surface area contributed by atoms with E-state index in [1.807, 2.05) is 0 Å². The van der Waals surface area contributed by atoms with Gasteiger partial charge >= 0.3 is 6.18 Å². The van der Waals surface area contributed by atoms with Crippen molar-refractivity contribution in [2.45, 2.75) is 13.1 Å². The molecule has 4 aromatic rings. The predicted molar refractivity (Wildman–Crippen MR) is 114 cm³/mol. The number of nitrogens with zero attached hydrogens (tertiary/aromatic N) is 4.